The van der Waals surface area contributed by atoms with Crippen molar-refractivity contribution in [3.63, 3.8) is 0 Å². The maximum Gasteiger partial charge on any atom is 0.185 e. The highest BCUT2D eigenvalue weighted by molar-refractivity contribution is 7.92. The van der Waals surface area contributed by atoms with E-state index < -0.39 is 9.84 Å². The summed E-state index contributed by atoms with van der Waals surface area (Å²) in [5, 5.41) is 0. The van der Waals surface area contributed by atoms with Crippen LogP contribution in [0, 0.1) is 5.92 Å². The maximum absolute atomic E-state index is 12.0. The number of sulfone groups is 1. The third kappa shape index (κ3) is 4.16. The fourth-order valence-electron chi connectivity index (χ4n) is 2.66. The monoisotopic (exact) mass is 280 g/mol. The Balaban J connectivity index is 1.87. The van der Waals surface area contributed by atoms with Gasteiger partial charge in [-0.15, -0.1) is 0 Å². The van der Waals surface area contributed by atoms with Crippen molar-refractivity contribution in [3.05, 3.63) is 30.3 Å². The van der Waals surface area contributed by atoms with Crippen LogP contribution in [0.15, 0.2) is 35.2 Å². The summed E-state index contributed by atoms with van der Waals surface area (Å²) < 4.78 is 24.0. The number of Topliss-reactive ketones (excluding diaryl/α,β-unsaturated/α-hetero) is 1. The SMILES string of the molecule is O=C(CCC1CCCC1)CS(=O)(=O)c1ccccc1. The van der Waals surface area contributed by atoms with Gasteiger partial charge in [0, 0.05) is 6.42 Å². The second-order valence-electron chi connectivity index (χ2n) is 5.30. The van der Waals surface area contributed by atoms with Gasteiger partial charge in [-0.2, -0.15) is 0 Å². The summed E-state index contributed by atoms with van der Waals surface area (Å²) in [4.78, 5) is 12.0. The Morgan fingerprint density at radius 3 is 2.37 bits per heavy atom. The Kier molecular flexibility index (Phi) is 4.75. The highest BCUT2D eigenvalue weighted by Gasteiger charge is 2.21. The van der Waals surface area contributed by atoms with Gasteiger partial charge >= 0.3 is 0 Å². The molecule has 0 heterocycles. The molecule has 19 heavy (non-hydrogen) atoms. The summed E-state index contributed by atoms with van der Waals surface area (Å²) in [5.41, 5.74) is 0. The first-order valence-corrected chi connectivity index (χ1v) is 8.53. The molecule has 0 radical (unpaired) electrons. The van der Waals surface area contributed by atoms with Crippen molar-refractivity contribution in [2.24, 2.45) is 5.92 Å². The number of carbonyl (C=O) groups is 1. The Labute approximate surface area is 114 Å². The predicted molar refractivity (Wildman–Crippen MR) is 74.7 cm³/mol. The standard InChI is InChI=1S/C15H20O3S/c16-14(11-10-13-6-4-5-7-13)12-19(17,18)15-8-2-1-3-9-15/h1-3,8-9,13H,4-7,10-12H2. The van der Waals surface area contributed by atoms with Gasteiger partial charge in [-0.3, -0.25) is 4.79 Å². The lowest BCUT2D eigenvalue weighted by atomic mass is 10.0. The van der Waals surface area contributed by atoms with Crippen molar-refractivity contribution < 1.29 is 13.2 Å². The Hall–Kier alpha value is -1.16. The van der Waals surface area contributed by atoms with Crippen LogP contribution in [0.3, 0.4) is 0 Å². The van der Waals surface area contributed by atoms with E-state index in [1.54, 1.807) is 30.3 Å². The van der Waals surface area contributed by atoms with E-state index in [2.05, 4.69) is 0 Å². The van der Waals surface area contributed by atoms with E-state index >= 15 is 0 Å². The zero-order chi connectivity index (χ0) is 13.7. The number of benzene rings is 1. The third-order valence-electron chi connectivity index (χ3n) is 3.76. The van der Waals surface area contributed by atoms with Gasteiger partial charge in [-0.25, -0.2) is 8.42 Å². The van der Waals surface area contributed by atoms with Gasteiger partial charge in [-0.1, -0.05) is 43.9 Å². The lowest BCUT2D eigenvalue weighted by molar-refractivity contribution is -0.116. The fourth-order valence-corrected chi connectivity index (χ4v) is 3.97. The van der Waals surface area contributed by atoms with Gasteiger partial charge in [-0.05, 0) is 24.5 Å². The van der Waals surface area contributed by atoms with Gasteiger partial charge in [0.15, 0.2) is 9.84 Å². The van der Waals surface area contributed by atoms with Crippen molar-refractivity contribution in [3.8, 4) is 0 Å². The first kappa shape index (κ1) is 14.3. The number of ketones is 1. The molecule has 0 atom stereocenters. The van der Waals surface area contributed by atoms with E-state index in [0.717, 1.165) is 6.42 Å². The molecule has 1 saturated carbocycles. The molecule has 104 valence electrons. The van der Waals surface area contributed by atoms with E-state index in [1.807, 2.05) is 0 Å². The van der Waals surface area contributed by atoms with Crippen LogP contribution in [-0.2, 0) is 14.6 Å². The van der Waals surface area contributed by atoms with Crippen molar-refractivity contribution in [1.29, 1.82) is 0 Å². The van der Waals surface area contributed by atoms with Crippen LogP contribution < -0.4 is 0 Å². The topological polar surface area (TPSA) is 51.2 Å². The number of hydrogen-bond acceptors (Lipinski definition) is 3. The molecule has 0 saturated heterocycles. The van der Waals surface area contributed by atoms with E-state index in [1.165, 1.54) is 25.7 Å². The zero-order valence-electron chi connectivity index (χ0n) is 11.0. The van der Waals surface area contributed by atoms with Crippen LogP contribution in [0.4, 0.5) is 0 Å². The van der Waals surface area contributed by atoms with Crippen molar-refractivity contribution in [2.45, 2.75) is 43.4 Å². The van der Waals surface area contributed by atoms with E-state index in [9.17, 15) is 13.2 Å². The minimum atomic E-state index is -3.45. The average Bonchev–Trinajstić information content (AvgIpc) is 2.90. The van der Waals surface area contributed by atoms with Crippen LogP contribution in [0.25, 0.3) is 0 Å². The molecule has 0 amide bonds. The first-order valence-electron chi connectivity index (χ1n) is 6.87. The zero-order valence-corrected chi connectivity index (χ0v) is 11.9. The highest BCUT2D eigenvalue weighted by Crippen LogP contribution is 2.28. The third-order valence-corrected chi connectivity index (χ3v) is 5.45. The summed E-state index contributed by atoms with van der Waals surface area (Å²) in [6.45, 7) is 0. The Morgan fingerprint density at radius 2 is 1.74 bits per heavy atom. The average molecular weight is 280 g/mol. The largest absolute Gasteiger partial charge is 0.299 e. The molecule has 0 spiro atoms. The summed E-state index contributed by atoms with van der Waals surface area (Å²) in [6.07, 6.45) is 6.14. The summed E-state index contributed by atoms with van der Waals surface area (Å²) in [6, 6.07) is 8.20. The Morgan fingerprint density at radius 1 is 1.11 bits per heavy atom. The second-order valence-corrected chi connectivity index (χ2v) is 7.29. The summed E-state index contributed by atoms with van der Waals surface area (Å²) in [7, 11) is -3.45. The second kappa shape index (κ2) is 6.33. The van der Waals surface area contributed by atoms with E-state index in [-0.39, 0.29) is 16.4 Å². The minimum Gasteiger partial charge on any atom is -0.299 e. The van der Waals surface area contributed by atoms with Gasteiger partial charge in [0.25, 0.3) is 0 Å². The van der Waals surface area contributed by atoms with Crippen LogP contribution in [0.2, 0.25) is 0 Å². The van der Waals surface area contributed by atoms with Crippen LogP contribution in [0.1, 0.15) is 38.5 Å². The molecule has 0 aliphatic heterocycles. The Bertz CT molecular complexity index is 514. The lowest BCUT2D eigenvalue weighted by Crippen LogP contribution is -2.16. The molecule has 2 rings (SSSR count). The maximum atomic E-state index is 12.0. The minimum absolute atomic E-state index is 0.157. The van der Waals surface area contributed by atoms with Crippen LogP contribution in [0.5, 0.6) is 0 Å². The highest BCUT2D eigenvalue weighted by atomic mass is 32.2. The number of carbonyl (C=O) groups excluding carboxylic acids is 1. The molecule has 1 aromatic carbocycles. The smallest absolute Gasteiger partial charge is 0.185 e. The molecule has 0 unspecified atom stereocenters. The van der Waals surface area contributed by atoms with Gasteiger partial charge in [0.2, 0.25) is 0 Å². The quantitative estimate of drug-likeness (QED) is 0.805. The molecule has 0 aromatic heterocycles. The van der Waals surface area contributed by atoms with Gasteiger partial charge in [0.05, 0.1) is 4.90 Å². The molecule has 1 aliphatic carbocycles. The van der Waals surface area contributed by atoms with E-state index in [4.69, 9.17) is 0 Å². The number of hydrogen-bond donors (Lipinski definition) is 0. The molecule has 1 fully saturated rings. The molecule has 0 N–H and O–H groups in total. The van der Waals surface area contributed by atoms with Crippen molar-refractivity contribution in [1.82, 2.24) is 0 Å². The van der Waals surface area contributed by atoms with Crippen molar-refractivity contribution in [2.75, 3.05) is 5.75 Å². The van der Waals surface area contributed by atoms with E-state index in [0.29, 0.717) is 12.3 Å². The predicted octanol–water partition coefficient (Wildman–Crippen LogP) is 3.00. The molecular weight excluding hydrogens is 260 g/mol. The normalized spacial score (nSPS) is 16.6. The molecule has 3 nitrogen and oxygen atoms in total. The lowest BCUT2D eigenvalue weighted by Gasteiger charge is -2.08. The summed E-state index contributed by atoms with van der Waals surface area (Å²) >= 11 is 0. The molecule has 1 aromatic rings. The van der Waals surface area contributed by atoms with Gasteiger partial charge in [0.1, 0.15) is 11.5 Å². The van der Waals surface area contributed by atoms with Crippen LogP contribution in [-0.4, -0.2) is 20.0 Å². The molecule has 4 heteroatoms. The molecular formula is C15H20O3S. The fraction of sp³-hybridized carbons (Fsp3) is 0.533. The van der Waals surface area contributed by atoms with Crippen molar-refractivity contribution >= 4 is 15.6 Å². The first-order chi connectivity index (χ1) is 9.08. The molecule has 1 aliphatic rings. The van der Waals surface area contributed by atoms with Crippen LogP contribution >= 0.6 is 0 Å². The molecule has 0 bridgehead atoms. The summed E-state index contributed by atoms with van der Waals surface area (Å²) in [5.74, 6) is 0.114. The van der Waals surface area contributed by atoms with Gasteiger partial charge < -0.3 is 0 Å². The number of rotatable bonds is 6.